The minimum Gasteiger partial charge on any atom is -0.296 e. The predicted octanol–water partition coefficient (Wildman–Crippen LogP) is 1.88. The first-order valence-corrected chi connectivity index (χ1v) is 4.40. The van der Waals surface area contributed by atoms with Gasteiger partial charge in [0.1, 0.15) is 5.69 Å². The summed E-state index contributed by atoms with van der Waals surface area (Å²) >= 11 is 0. The molecule has 1 aliphatic rings. The van der Waals surface area contributed by atoms with E-state index in [0.29, 0.717) is 11.6 Å². The van der Waals surface area contributed by atoms with E-state index in [4.69, 9.17) is 0 Å². The monoisotopic (exact) mass is 164 g/mol. The van der Waals surface area contributed by atoms with Crippen LogP contribution in [-0.2, 0) is 0 Å². The molecular formula is C9H12N2O. The van der Waals surface area contributed by atoms with Crippen molar-refractivity contribution in [2.24, 2.45) is 0 Å². The SMILES string of the molecule is O=Cc1[nH]ncc1C1CCCC1. The van der Waals surface area contributed by atoms with Crippen LogP contribution >= 0.6 is 0 Å². The maximum Gasteiger partial charge on any atom is 0.168 e. The Hall–Kier alpha value is -1.12. The minimum absolute atomic E-state index is 0.573. The third-order valence-electron chi connectivity index (χ3n) is 2.61. The highest BCUT2D eigenvalue weighted by atomic mass is 16.1. The zero-order valence-corrected chi connectivity index (χ0v) is 6.92. The third-order valence-corrected chi connectivity index (χ3v) is 2.61. The van der Waals surface area contributed by atoms with Crippen molar-refractivity contribution in [2.75, 3.05) is 0 Å². The van der Waals surface area contributed by atoms with Crippen molar-refractivity contribution < 1.29 is 4.79 Å². The fraction of sp³-hybridized carbons (Fsp3) is 0.556. The second-order valence-electron chi connectivity index (χ2n) is 3.34. The third kappa shape index (κ3) is 1.15. The van der Waals surface area contributed by atoms with Gasteiger partial charge in [-0.3, -0.25) is 9.89 Å². The lowest BCUT2D eigenvalue weighted by atomic mass is 9.99. The average molecular weight is 164 g/mol. The molecule has 0 bridgehead atoms. The summed E-state index contributed by atoms with van der Waals surface area (Å²) in [6, 6.07) is 0. The van der Waals surface area contributed by atoms with Crippen LogP contribution in [-0.4, -0.2) is 16.5 Å². The maximum atomic E-state index is 10.6. The van der Waals surface area contributed by atoms with Gasteiger partial charge in [0.25, 0.3) is 0 Å². The number of aromatic nitrogens is 2. The van der Waals surface area contributed by atoms with Gasteiger partial charge >= 0.3 is 0 Å². The molecule has 64 valence electrons. The molecule has 1 heterocycles. The maximum absolute atomic E-state index is 10.6. The Morgan fingerprint density at radius 2 is 2.25 bits per heavy atom. The average Bonchev–Trinajstić information content (AvgIpc) is 2.74. The zero-order chi connectivity index (χ0) is 8.39. The molecule has 0 aliphatic heterocycles. The Labute approximate surface area is 71.2 Å². The fourth-order valence-electron chi connectivity index (χ4n) is 1.96. The van der Waals surface area contributed by atoms with Gasteiger partial charge in [0, 0.05) is 5.56 Å². The van der Waals surface area contributed by atoms with Crippen molar-refractivity contribution in [3.63, 3.8) is 0 Å². The van der Waals surface area contributed by atoms with Gasteiger partial charge in [-0.2, -0.15) is 5.10 Å². The molecule has 0 radical (unpaired) electrons. The summed E-state index contributed by atoms with van der Waals surface area (Å²) in [5.74, 6) is 0.573. The molecule has 1 N–H and O–H groups in total. The minimum atomic E-state index is 0.573. The Kier molecular flexibility index (Phi) is 1.94. The van der Waals surface area contributed by atoms with Crippen molar-refractivity contribution in [1.29, 1.82) is 0 Å². The molecule has 0 spiro atoms. The molecule has 1 aromatic heterocycles. The number of nitrogens with one attached hydrogen (secondary N) is 1. The topological polar surface area (TPSA) is 45.8 Å². The second-order valence-corrected chi connectivity index (χ2v) is 3.34. The standard InChI is InChI=1S/C9H12N2O/c12-6-9-8(5-10-11-9)7-3-1-2-4-7/h5-7H,1-4H2,(H,10,11). The van der Waals surface area contributed by atoms with Gasteiger partial charge in [-0.1, -0.05) is 12.8 Å². The number of rotatable bonds is 2. The van der Waals surface area contributed by atoms with Crippen LogP contribution in [0.25, 0.3) is 0 Å². The van der Waals surface area contributed by atoms with Gasteiger partial charge in [-0.05, 0) is 18.8 Å². The second kappa shape index (κ2) is 3.09. The molecule has 2 rings (SSSR count). The van der Waals surface area contributed by atoms with E-state index in [1.807, 2.05) is 0 Å². The lowest BCUT2D eigenvalue weighted by molar-refractivity contribution is 0.111. The molecule has 3 heteroatoms. The summed E-state index contributed by atoms with van der Waals surface area (Å²) in [6.45, 7) is 0. The van der Waals surface area contributed by atoms with Crippen molar-refractivity contribution >= 4 is 6.29 Å². The van der Waals surface area contributed by atoms with Gasteiger partial charge in [-0.15, -0.1) is 0 Å². The summed E-state index contributed by atoms with van der Waals surface area (Å²) in [7, 11) is 0. The lowest BCUT2D eigenvalue weighted by Gasteiger charge is -2.05. The van der Waals surface area contributed by atoms with Gasteiger partial charge in [-0.25, -0.2) is 0 Å². The van der Waals surface area contributed by atoms with Crippen LogP contribution in [0.15, 0.2) is 6.20 Å². The highest BCUT2D eigenvalue weighted by Crippen LogP contribution is 2.34. The van der Waals surface area contributed by atoms with Gasteiger partial charge in [0.05, 0.1) is 6.20 Å². The van der Waals surface area contributed by atoms with Crippen molar-refractivity contribution in [1.82, 2.24) is 10.2 Å². The summed E-state index contributed by atoms with van der Waals surface area (Å²) in [5.41, 5.74) is 1.78. The number of aromatic amines is 1. The Morgan fingerprint density at radius 3 is 2.92 bits per heavy atom. The van der Waals surface area contributed by atoms with Crippen LogP contribution in [0, 0.1) is 0 Å². The molecule has 0 aromatic carbocycles. The highest BCUT2D eigenvalue weighted by Gasteiger charge is 2.20. The Balaban J connectivity index is 2.25. The van der Waals surface area contributed by atoms with Crippen LogP contribution in [0.3, 0.4) is 0 Å². The van der Waals surface area contributed by atoms with E-state index in [2.05, 4.69) is 10.2 Å². The molecule has 1 saturated carbocycles. The number of carbonyl (C=O) groups excluding carboxylic acids is 1. The Morgan fingerprint density at radius 1 is 1.50 bits per heavy atom. The quantitative estimate of drug-likeness (QED) is 0.678. The largest absolute Gasteiger partial charge is 0.296 e. The number of hydrogen-bond acceptors (Lipinski definition) is 2. The van der Waals surface area contributed by atoms with E-state index in [-0.39, 0.29) is 0 Å². The first kappa shape index (κ1) is 7.53. The normalized spacial score (nSPS) is 18.3. The first-order chi connectivity index (χ1) is 5.92. The van der Waals surface area contributed by atoms with Gasteiger partial charge in [0.15, 0.2) is 6.29 Å². The van der Waals surface area contributed by atoms with E-state index in [1.54, 1.807) is 6.20 Å². The van der Waals surface area contributed by atoms with E-state index in [1.165, 1.54) is 25.7 Å². The summed E-state index contributed by atoms with van der Waals surface area (Å²) < 4.78 is 0. The van der Waals surface area contributed by atoms with E-state index >= 15 is 0 Å². The van der Waals surface area contributed by atoms with E-state index in [9.17, 15) is 4.79 Å². The summed E-state index contributed by atoms with van der Waals surface area (Å²) in [5, 5.41) is 6.60. The Bertz CT molecular complexity index is 274. The molecule has 0 unspecified atom stereocenters. The molecular weight excluding hydrogens is 152 g/mol. The first-order valence-electron chi connectivity index (χ1n) is 4.40. The smallest absolute Gasteiger partial charge is 0.168 e. The number of hydrogen-bond donors (Lipinski definition) is 1. The molecule has 0 saturated heterocycles. The molecule has 1 fully saturated rings. The summed E-state index contributed by atoms with van der Waals surface area (Å²) in [6.07, 6.45) is 7.64. The van der Waals surface area contributed by atoms with Crippen molar-refractivity contribution in [3.05, 3.63) is 17.5 Å². The number of aldehydes is 1. The zero-order valence-electron chi connectivity index (χ0n) is 6.92. The van der Waals surface area contributed by atoms with Crippen molar-refractivity contribution in [3.8, 4) is 0 Å². The highest BCUT2D eigenvalue weighted by molar-refractivity contribution is 5.74. The van der Waals surface area contributed by atoms with Crippen LogP contribution < -0.4 is 0 Å². The van der Waals surface area contributed by atoms with Crippen molar-refractivity contribution in [2.45, 2.75) is 31.6 Å². The van der Waals surface area contributed by atoms with Crippen LogP contribution in [0.1, 0.15) is 47.7 Å². The number of carbonyl (C=O) groups is 1. The van der Waals surface area contributed by atoms with E-state index < -0.39 is 0 Å². The van der Waals surface area contributed by atoms with Gasteiger partial charge < -0.3 is 0 Å². The van der Waals surface area contributed by atoms with Crippen LogP contribution in [0.5, 0.6) is 0 Å². The van der Waals surface area contributed by atoms with Crippen LogP contribution in [0.4, 0.5) is 0 Å². The van der Waals surface area contributed by atoms with Crippen LogP contribution in [0.2, 0.25) is 0 Å². The molecule has 12 heavy (non-hydrogen) atoms. The number of H-pyrrole nitrogens is 1. The summed E-state index contributed by atoms with van der Waals surface area (Å²) in [4.78, 5) is 10.6. The molecule has 3 nitrogen and oxygen atoms in total. The molecule has 0 amide bonds. The molecule has 0 atom stereocenters. The number of nitrogens with zero attached hydrogens (tertiary/aromatic N) is 1. The molecule has 1 aromatic rings. The predicted molar refractivity (Wildman–Crippen MR) is 45.2 cm³/mol. The molecule has 1 aliphatic carbocycles. The van der Waals surface area contributed by atoms with Gasteiger partial charge in [0.2, 0.25) is 0 Å². The lowest BCUT2D eigenvalue weighted by Crippen LogP contribution is -1.94. The van der Waals surface area contributed by atoms with E-state index in [0.717, 1.165) is 11.8 Å². The fourth-order valence-corrected chi connectivity index (χ4v) is 1.96.